The van der Waals surface area contributed by atoms with E-state index in [1.807, 2.05) is 0 Å². The van der Waals surface area contributed by atoms with Crippen LogP contribution in [0.15, 0.2) is 54.2 Å². The summed E-state index contributed by atoms with van der Waals surface area (Å²) < 4.78 is 34.1. The van der Waals surface area contributed by atoms with Crippen LogP contribution in [0.2, 0.25) is 0 Å². The monoisotopic (exact) mass is 384 g/mol. The molecule has 4 aromatic rings. The van der Waals surface area contributed by atoms with Crippen molar-refractivity contribution < 1.29 is 13.2 Å². The van der Waals surface area contributed by atoms with Gasteiger partial charge in [0.1, 0.15) is 5.75 Å². The molecule has 27 heavy (non-hydrogen) atoms. The molecule has 0 spiro atoms. The van der Waals surface area contributed by atoms with Crippen LogP contribution in [0.1, 0.15) is 5.56 Å². The average Bonchev–Trinajstić information content (AvgIpc) is 3.32. The van der Waals surface area contributed by atoms with Crippen molar-refractivity contribution >= 4 is 21.0 Å². The molecule has 10 heteroatoms. The summed E-state index contributed by atoms with van der Waals surface area (Å²) in [6.07, 6.45) is 4.82. The minimum absolute atomic E-state index is 0.223. The van der Waals surface area contributed by atoms with Crippen LogP contribution in [0.25, 0.3) is 17.0 Å². The van der Waals surface area contributed by atoms with Crippen molar-refractivity contribution in [3.63, 3.8) is 0 Å². The molecule has 4 rings (SSSR count). The Hall–Kier alpha value is -3.27. The summed E-state index contributed by atoms with van der Waals surface area (Å²) >= 11 is 0. The highest BCUT2D eigenvalue weighted by atomic mass is 32.2. The Kier molecular flexibility index (Phi) is 4.11. The van der Waals surface area contributed by atoms with Crippen LogP contribution in [0.3, 0.4) is 0 Å². The fourth-order valence-electron chi connectivity index (χ4n) is 2.67. The van der Waals surface area contributed by atoms with Crippen molar-refractivity contribution in [1.82, 2.24) is 29.3 Å². The molecule has 0 radical (unpaired) electrons. The third kappa shape index (κ3) is 3.14. The van der Waals surface area contributed by atoms with Gasteiger partial charge in [-0.05, 0) is 23.8 Å². The maximum atomic E-state index is 12.9. The second kappa shape index (κ2) is 6.47. The summed E-state index contributed by atoms with van der Waals surface area (Å²) in [4.78, 5) is 12.8. The van der Waals surface area contributed by atoms with Crippen molar-refractivity contribution in [3.8, 4) is 11.6 Å². The zero-order valence-corrected chi connectivity index (χ0v) is 15.5. The fourth-order valence-corrected chi connectivity index (χ4v) is 3.88. The number of imidazole rings is 1. The quantitative estimate of drug-likeness (QED) is 0.481. The number of aromatic nitrogens is 6. The first-order chi connectivity index (χ1) is 13.0. The number of hydrogen-bond acceptors (Lipinski definition) is 7. The number of ether oxygens (including phenoxy) is 1. The summed E-state index contributed by atoms with van der Waals surface area (Å²) in [6.45, 7) is 0. The van der Waals surface area contributed by atoms with E-state index in [4.69, 9.17) is 4.74 Å². The van der Waals surface area contributed by atoms with Gasteiger partial charge in [-0.15, -0.1) is 0 Å². The highest BCUT2D eigenvalue weighted by molar-refractivity contribution is 7.90. The number of fused-ring (bicyclic) bond motifs is 1. The Morgan fingerprint density at radius 2 is 1.93 bits per heavy atom. The lowest BCUT2D eigenvalue weighted by atomic mass is 10.2. The molecule has 0 saturated carbocycles. The van der Waals surface area contributed by atoms with Gasteiger partial charge in [0.15, 0.2) is 17.0 Å². The van der Waals surface area contributed by atoms with E-state index in [0.29, 0.717) is 28.3 Å². The summed E-state index contributed by atoms with van der Waals surface area (Å²) in [5.74, 6) is 0.752. The van der Waals surface area contributed by atoms with E-state index < -0.39 is 9.84 Å². The van der Waals surface area contributed by atoms with Gasteiger partial charge in [-0.3, -0.25) is 0 Å². The third-order valence-electron chi connectivity index (χ3n) is 4.04. The summed E-state index contributed by atoms with van der Waals surface area (Å²) in [5, 5.41) is 3.88. The van der Waals surface area contributed by atoms with Crippen LogP contribution >= 0.6 is 0 Å². The molecule has 3 heterocycles. The molecule has 1 aromatic carbocycles. The Bertz CT molecular complexity index is 1200. The van der Waals surface area contributed by atoms with Gasteiger partial charge >= 0.3 is 0 Å². The van der Waals surface area contributed by atoms with Gasteiger partial charge in [0.05, 0.1) is 19.2 Å². The van der Waals surface area contributed by atoms with E-state index in [1.54, 1.807) is 67.8 Å². The van der Waals surface area contributed by atoms with Crippen LogP contribution in [0.5, 0.6) is 5.75 Å². The standard InChI is InChI=1S/C17H16N6O3S/c1-22-11-18-14-15(22)20-17(21-16(14)23-9-3-8-19-23)27(24,25)10-12-4-6-13(26-2)7-5-12/h3-9,11H,10H2,1-2H3. The average molecular weight is 384 g/mol. The molecule has 0 aliphatic carbocycles. The molecule has 0 aliphatic rings. The Morgan fingerprint density at radius 3 is 2.59 bits per heavy atom. The van der Waals surface area contributed by atoms with Gasteiger partial charge in [0, 0.05) is 19.4 Å². The predicted molar refractivity (Wildman–Crippen MR) is 97.3 cm³/mol. The minimum atomic E-state index is -3.78. The molecule has 3 aromatic heterocycles. The van der Waals surface area contributed by atoms with E-state index in [-0.39, 0.29) is 10.9 Å². The Balaban J connectivity index is 1.81. The van der Waals surface area contributed by atoms with Crippen molar-refractivity contribution in [3.05, 3.63) is 54.6 Å². The van der Waals surface area contributed by atoms with Crippen LogP contribution in [0, 0.1) is 0 Å². The van der Waals surface area contributed by atoms with E-state index in [2.05, 4.69) is 20.1 Å². The number of hydrogen-bond donors (Lipinski definition) is 0. The maximum Gasteiger partial charge on any atom is 0.251 e. The fraction of sp³-hybridized carbons (Fsp3) is 0.176. The van der Waals surface area contributed by atoms with Crippen molar-refractivity contribution in [1.29, 1.82) is 0 Å². The Morgan fingerprint density at radius 1 is 1.15 bits per heavy atom. The van der Waals surface area contributed by atoms with Gasteiger partial charge in [-0.1, -0.05) is 12.1 Å². The van der Waals surface area contributed by atoms with Crippen LogP contribution in [-0.2, 0) is 22.6 Å². The summed E-state index contributed by atoms with van der Waals surface area (Å²) in [7, 11) is -0.478. The lowest BCUT2D eigenvalue weighted by Gasteiger charge is -2.08. The molecule has 0 bridgehead atoms. The van der Waals surface area contributed by atoms with E-state index in [9.17, 15) is 8.42 Å². The molecule has 0 N–H and O–H groups in total. The molecular formula is C17H16N6O3S. The molecule has 0 unspecified atom stereocenters. The normalized spacial score (nSPS) is 11.8. The maximum absolute atomic E-state index is 12.9. The number of sulfone groups is 1. The first-order valence-electron chi connectivity index (χ1n) is 8.03. The van der Waals surface area contributed by atoms with Crippen molar-refractivity contribution in [2.45, 2.75) is 10.9 Å². The molecule has 0 amide bonds. The largest absolute Gasteiger partial charge is 0.497 e. The lowest BCUT2D eigenvalue weighted by molar-refractivity contribution is 0.414. The highest BCUT2D eigenvalue weighted by Gasteiger charge is 2.23. The van der Waals surface area contributed by atoms with Gasteiger partial charge < -0.3 is 9.30 Å². The Labute approximate surface area is 155 Å². The number of benzene rings is 1. The molecular weight excluding hydrogens is 368 g/mol. The van der Waals surface area contributed by atoms with E-state index >= 15 is 0 Å². The molecule has 138 valence electrons. The van der Waals surface area contributed by atoms with Crippen LogP contribution < -0.4 is 4.74 Å². The number of methoxy groups -OCH3 is 1. The smallest absolute Gasteiger partial charge is 0.251 e. The lowest BCUT2D eigenvalue weighted by Crippen LogP contribution is -2.13. The molecule has 0 fully saturated rings. The number of rotatable bonds is 5. The van der Waals surface area contributed by atoms with Crippen molar-refractivity contribution in [2.24, 2.45) is 7.05 Å². The van der Waals surface area contributed by atoms with Crippen LogP contribution in [0.4, 0.5) is 0 Å². The number of aryl methyl sites for hydroxylation is 1. The second-order valence-corrected chi connectivity index (χ2v) is 7.80. The molecule has 0 aliphatic heterocycles. The zero-order valence-electron chi connectivity index (χ0n) is 14.6. The highest BCUT2D eigenvalue weighted by Crippen LogP contribution is 2.22. The molecule has 9 nitrogen and oxygen atoms in total. The third-order valence-corrected chi connectivity index (χ3v) is 5.49. The topological polar surface area (TPSA) is 105 Å². The SMILES string of the molecule is COc1ccc(CS(=O)(=O)c2nc(-n3cccn3)c3ncn(C)c3n2)cc1. The van der Waals surface area contributed by atoms with Crippen molar-refractivity contribution in [2.75, 3.05) is 7.11 Å². The predicted octanol–water partition coefficient (Wildman–Crippen LogP) is 1.53. The van der Waals surface area contributed by atoms with E-state index in [0.717, 1.165) is 0 Å². The zero-order chi connectivity index (χ0) is 19.0. The second-order valence-electron chi connectivity index (χ2n) is 5.92. The van der Waals surface area contributed by atoms with Gasteiger partial charge in [-0.25, -0.2) is 18.1 Å². The summed E-state index contributed by atoms with van der Waals surface area (Å²) in [5.41, 5.74) is 1.51. The van der Waals surface area contributed by atoms with Gasteiger partial charge in [0.2, 0.25) is 9.84 Å². The van der Waals surface area contributed by atoms with Crippen LogP contribution in [-0.4, -0.2) is 44.8 Å². The van der Waals surface area contributed by atoms with E-state index in [1.165, 1.54) is 4.68 Å². The first-order valence-corrected chi connectivity index (χ1v) is 9.68. The summed E-state index contributed by atoms with van der Waals surface area (Å²) in [6, 6.07) is 8.56. The first kappa shape index (κ1) is 17.2. The van der Waals surface area contributed by atoms with Gasteiger partial charge in [0.25, 0.3) is 5.16 Å². The molecule has 0 saturated heterocycles. The number of nitrogens with zero attached hydrogens (tertiary/aromatic N) is 6. The molecule has 0 atom stereocenters. The minimum Gasteiger partial charge on any atom is -0.497 e. The van der Waals surface area contributed by atoms with Gasteiger partial charge in [-0.2, -0.15) is 15.1 Å².